The maximum Gasteiger partial charge on any atom is 0.220 e. The molecule has 0 amide bonds. The SMILES string of the molecule is [2H]c1c([2H])c([2H])c(-c2ccc3c4ccccc4n(-c4c([N+]#[C-])c(-c5ccccc5)c(C#N)c(-n5c6c(ccc7c8ccccc8sc76)c6ccc7c8cccc(-c9ccccc9)c8sc7c65)c4-c4ccccc4)c3c2)c([2H])c1[2H]. The van der Waals surface area contributed by atoms with Crippen molar-refractivity contribution in [3.63, 3.8) is 0 Å². The summed E-state index contributed by atoms with van der Waals surface area (Å²) < 4.78 is 52.9. The van der Waals surface area contributed by atoms with Crippen LogP contribution in [0.15, 0.2) is 230 Å². The Hall–Kier alpha value is -9.56. The van der Waals surface area contributed by atoms with Crippen LogP contribution in [0.2, 0.25) is 0 Å². The zero-order chi connectivity index (χ0) is 53.4. The Bertz CT molecular complexity index is 5190. The fourth-order valence-electron chi connectivity index (χ4n) is 11.6. The summed E-state index contributed by atoms with van der Waals surface area (Å²) in [5, 5.41) is 20.5. The van der Waals surface area contributed by atoms with Crippen LogP contribution in [0.25, 0.3) is 145 Å². The van der Waals surface area contributed by atoms with E-state index in [-0.39, 0.29) is 23.3 Å². The van der Waals surface area contributed by atoms with Gasteiger partial charge in [-0.05, 0) is 51.6 Å². The van der Waals surface area contributed by atoms with Gasteiger partial charge in [-0.3, -0.25) is 0 Å². The fourth-order valence-corrected chi connectivity index (χ4v) is 14.2. The Morgan fingerprint density at radius 1 is 0.432 bits per heavy atom. The summed E-state index contributed by atoms with van der Waals surface area (Å²) in [7, 11) is 0. The van der Waals surface area contributed by atoms with Crippen molar-refractivity contribution < 1.29 is 6.85 Å². The Labute approximate surface area is 440 Å². The lowest BCUT2D eigenvalue weighted by atomic mass is 9.88. The van der Waals surface area contributed by atoms with Crippen molar-refractivity contribution in [1.82, 2.24) is 9.13 Å². The fraction of sp³-hybridized carbons (Fsp3) is 0. The first-order valence-corrected chi connectivity index (χ1v) is 25.9. The minimum atomic E-state index is -0.468. The maximum absolute atomic E-state index is 12.3. The van der Waals surface area contributed by atoms with Crippen molar-refractivity contribution >= 4 is 112 Å². The molecule has 74 heavy (non-hydrogen) atoms. The van der Waals surface area contributed by atoms with Crippen molar-refractivity contribution in [3.8, 4) is 62.0 Å². The van der Waals surface area contributed by atoms with Crippen LogP contribution in [-0.4, -0.2) is 9.13 Å². The Kier molecular flexibility index (Phi) is 8.31. The molecule has 342 valence electrons. The molecule has 0 aliphatic rings. The number of fused-ring (bicyclic) bond motifs is 14. The first-order valence-electron chi connectivity index (χ1n) is 26.8. The Morgan fingerprint density at radius 2 is 0.986 bits per heavy atom. The van der Waals surface area contributed by atoms with E-state index in [0.29, 0.717) is 44.7 Å². The van der Waals surface area contributed by atoms with Gasteiger partial charge in [-0.15, -0.1) is 22.7 Å². The number of hydrogen-bond donors (Lipinski definition) is 0. The number of rotatable bonds is 6. The summed E-state index contributed by atoms with van der Waals surface area (Å²) in [6.07, 6.45) is 0. The summed E-state index contributed by atoms with van der Waals surface area (Å²) in [5.41, 5.74) is 10.4. The minimum absolute atomic E-state index is 0.0734. The average molecular weight is 980 g/mol. The van der Waals surface area contributed by atoms with Crippen molar-refractivity contribution in [2.24, 2.45) is 0 Å². The van der Waals surface area contributed by atoms with Gasteiger partial charge in [-0.2, -0.15) is 5.26 Å². The van der Waals surface area contributed by atoms with E-state index in [9.17, 15) is 11.8 Å². The van der Waals surface area contributed by atoms with Crippen LogP contribution in [0.3, 0.4) is 0 Å². The standard InChI is InChI=1S/C68H38N4S2/c1-70-61-59(43-23-10-4-11-24-43)55(40-69)62(60(44-25-12-5-13-26-44)65(61)71-56-31-16-14-27-47(56)48-34-33-45(39-57(48)71)41-19-6-2-7-20-41)72-63-50(35-37-53-49-28-15-17-32-58(49)73-67(53)63)51-36-38-54-52-30-18-29-46(42-21-8-3-9-22-42)66(52)74-68(54)64(51)72/h2-39H/i2D,6D,7D,19D,20D. The molecule has 0 bridgehead atoms. The number of para-hydroxylation sites is 1. The summed E-state index contributed by atoms with van der Waals surface area (Å²) in [5.74, 6) is 0. The lowest BCUT2D eigenvalue weighted by Gasteiger charge is -2.26. The van der Waals surface area contributed by atoms with E-state index in [2.05, 4.69) is 123 Å². The molecule has 4 heterocycles. The van der Waals surface area contributed by atoms with Crippen LogP contribution in [0.1, 0.15) is 12.4 Å². The molecule has 0 aliphatic heterocycles. The van der Waals surface area contributed by atoms with Crippen molar-refractivity contribution in [3.05, 3.63) is 247 Å². The van der Waals surface area contributed by atoms with Crippen LogP contribution in [0, 0.1) is 17.9 Å². The van der Waals surface area contributed by atoms with Gasteiger partial charge < -0.3 is 9.13 Å². The number of aromatic nitrogens is 2. The van der Waals surface area contributed by atoms with Gasteiger partial charge >= 0.3 is 0 Å². The van der Waals surface area contributed by atoms with Gasteiger partial charge in [0.05, 0.1) is 61.8 Å². The predicted octanol–water partition coefficient (Wildman–Crippen LogP) is 19.7. The molecule has 15 aromatic rings. The molecule has 11 aromatic carbocycles. The van der Waals surface area contributed by atoms with Crippen LogP contribution < -0.4 is 0 Å². The van der Waals surface area contributed by atoms with Crippen molar-refractivity contribution in [2.45, 2.75) is 0 Å². The number of thiophene rings is 2. The lowest BCUT2D eigenvalue weighted by molar-refractivity contribution is 1.14. The van der Waals surface area contributed by atoms with Crippen LogP contribution in [0.5, 0.6) is 0 Å². The second kappa shape index (κ2) is 16.5. The van der Waals surface area contributed by atoms with Gasteiger partial charge in [0.2, 0.25) is 5.69 Å². The monoisotopic (exact) mass is 979 g/mol. The summed E-state index contributed by atoms with van der Waals surface area (Å²) >= 11 is 3.49. The van der Waals surface area contributed by atoms with E-state index in [1.807, 2.05) is 97.1 Å². The molecule has 15 rings (SSSR count). The van der Waals surface area contributed by atoms with Crippen molar-refractivity contribution in [2.75, 3.05) is 0 Å². The third-order valence-corrected chi connectivity index (χ3v) is 17.1. The highest BCUT2D eigenvalue weighted by Crippen LogP contribution is 2.55. The van der Waals surface area contributed by atoms with Gasteiger partial charge in [-0.25, -0.2) is 4.85 Å². The highest BCUT2D eigenvalue weighted by atomic mass is 32.1. The van der Waals surface area contributed by atoms with Gasteiger partial charge in [0.15, 0.2) is 0 Å². The molecule has 0 spiro atoms. The molecule has 0 fully saturated rings. The zero-order valence-corrected chi connectivity index (χ0v) is 40.8. The van der Waals surface area contributed by atoms with Crippen LogP contribution in [-0.2, 0) is 0 Å². The molecular weight excluding hydrogens is 937 g/mol. The second-order valence-corrected chi connectivity index (χ2v) is 20.5. The Balaban J connectivity index is 1.21. The first kappa shape index (κ1) is 37.3. The first-order chi connectivity index (χ1) is 38.7. The highest BCUT2D eigenvalue weighted by Gasteiger charge is 2.33. The molecule has 6 heteroatoms. The van der Waals surface area contributed by atoms with Gasteiger partial charge in [0, 0.05) is 63.6 Å². The number of nitrogens with zero attached hydrogens (tertiary/aromatic N) is 4. The largest absolute Gasteiger partial charge is 0.318 e. The van der Waals surface area contributed by atoms with Crippen molar-refractivity contribution in [1.29, 1.82) is 5.26 Å². The zero-order valence-electron chi connectivity index (χ0n) is 44.2. The third kappa shape index (κ3) is 6.05. The van der Waals surface area contributed by atoms with E-state index in [1.54, 1.807) is 22.7 Å². The Morgan fingerprint density at radius 3 is 1.69 bits per heavy atom. The molecule has 0 saturated heterocycles. The number of benzene rings is 11. The van der Waals surface area contributed by atoms with E-state index in [1.165, 1.54) is 0 Å². The van der Waals surface area contributed by atoms with Gasteiger partial charge in [0.1, 0.15) is 6.07 Å². The van der Waals surface area contributed by atoms with E-state index in [0.717, 1.165) is 95.1 Å². The molecule has 0 N–H and O–H groups in total. The smallest absolute Gasteiger partial charge is 0.220 e. The number of hydrogen-bond acceptors (Lipinski definition) is 3. The highest BCUT2D eigenvalue weighted by molar-refractivity contribution is 7.27. The van der Waals surface area contributed by atoms with Crippen LogP contribution >= 0.6 is 22.7 Å². The molecule has 0 atom stereocenters. The van der Waals surface area contributed by atoms with Gasteiger partial charge in [-0.1, -0.05) is 212 Å². The summed E-state index contributed by atoms with van der Waals surface area (Å²) in [6.45, 7) is 9.45. The normalized spacial score (nSPS) is 12.7. The third-order valence-electron chi connectivity index (χ3n) is 14.7. The van der Waals surface area contributed by atoms with Gasteiger partial charge in [0.25, 0.3) is 0 Å². The van der Waals surface area contributed by atoms with E-state index >= 15 is 0 Å². The lowest BCUT2D eigenvalue weighted by Crippen LogP contribution is -2.09. The molecule has 0 saturated carbocycles. The quantitative estimate of drug-likeness (QED) is 0.153. The van der Waals surface area contributed by atoms with Crippen LogP contribution in [0.4, 0.5) is 5.69 Å². The number of nitriles is 1. The average Bonchev–Trinajstić information content (AvgIpc) is 3.90. The summed E-state index contributed by atoms with van der Waals surface area (Å²) in [6, 6.07) is 68.8. The van der Waals surface area contributed by atoms with E-state index < -0.39 is 18.1 Å². The molecule has 0 radical (unpaired) electrons. The van der Waals surface area contributed by atoms with E-state index in [4.69, 9.17) is 6.85 Å². The minimum Gasteiger partial charge on any atom is -0.318 e. The molecular formula is C68H38N4S2. The second-order valence-electron chi connectivity index (χ2n) is 18.5. The molecule has 0 aliphatic carbocycles. The predicted molar refractivity (Wildman–Crippen MR) is 314 cm³/mol. The molecule has 4 nitrogen and oxygen atoms in total. The summed E-state index contributed by atoms with van der Waals surface area (Å²) in [4.78, 5) is 4.54. The maximum atomic E-state index is 12.3. The molecule has 0 unspecified atom stereocenters. The topological polar surface area (TPSA) is 38.0 Å². The molecule has 4 aromatic heterocycles.